The highest BCUT2D eigenvalue weighted by molar-refractivity contribution is 5.78. The highest BCUT2D eigenvalue weighted by atomic mass is 19.4. The van der Waals surface area contributed by atoms with Crippen LogP contribution in [-0.2, 0) is 9.53 Å². The fourth-order valence-electron chi connectivity index (χ4n) is 3.28. The molecule has 1 aliphatic carbocycles. The van der Waals surface area contributed by atoms with E-state index in [1.54, 1.807) is 42.5 Å². The van der Waals surface area contributed by atoms with Crippen molar-refractivity contribution in [1.29, 1.82) is 5.26 Å². The number of hydrogen-bond donors (Lipinski definition) is 0. The zero-order valence-corrected chi connectivity index (χ0v) is 16.6. The molecule has 162 valence electrons. The first kappa shape index (κ1) is 22.3. The van der Waals surface area contributed by atoms with Crippen molar-refractivity contribution in [3.8, 4) is 17.7 Å². The van der Waals surface area contributed by atoms with Gasteiger partial charge in [0.05, 0.1) is 11.6 Å². The molecular formula is C22H18F4N2O3. The molecule has 0 spiro atoms. The molecule has 1 aromatic heterocycles. The van der Waals surface area contributed by atoms with E-state index in [-0.39, 0.29) is 11.6 Å². The van der Waals surface area contributed by atoms with E-state index in [9.17, 15) is 27.6 Å². The van der Waals surface area contributed by atoms with Crippen molar-refractivity contribution >= 4 is 5.97 Å². The van der Waals surface area contributed by atoms with E-state index in [0.717, 1.165) is 0 Å². The van der Waals surface area contributed by atoms with Crippen molar-refractivity contribution in [2.45, 2.75) is 26.1 Å². The molecule has 9 heteroatoms. The van der Waals surface area contributed by atoms with Crippen molar-refractivity contribution in [3.63, 3.8) is 0 Å². The molecule has 1 fully saturated rings. The van der Waals surface area contributed by atoms with E-state index in [4.69, 9.17) is 9.47 Å². The molecule has 3 rings (SSSR count). The van der Waals surface area contributed by atoms with Crippen LogP contribution in [-0.4, -0.2) is 17.1 Å². The number of ether oxygens (including phenoxy) is 2. The normalized spacial score (nSPS) is 21.0. The van der Waals surface area contributed by atoms with Gasteiger partial charge >= 0.3 is 12.1 Å². The Hall–Kier alpha value is -3.41. The summed E-state index contributed by atoms with van der Waals surface area (Å²) in [6.45, 7) is 3.05. The van der Waals surface area contributed by atoms with Crippen molar-refractivity contribution < 1.29 is 31.8 Å². The van der Waals surface area contributed by atoms with Crippen LogP contribution in [0.15, 0.2) is 60.4 Å². The SMILES string of the molecule is CC1(C)[C@H](/C=C(\F)C(F)(F)F)[C@@H]1C(=O)OC(C#N)c1cccc(Oc2ccccc2)n1. The summed E-state index contributed by atoms with van der Waals surface area (Å²) in [7, 11) is 0. The summed E-state index contributed by atoms with van der Waals surface area (Å²) < 4.78 is 61.5. The van der Waals surface area contributed by atoms with Gasteiger partial charge in [-0.05, 0) is 35.6 Å². The third kappa shape index (κ3) is 5.02. The van der Waals surface area contributed by atoms with Gasteiger partial charge in [-0.3, -0.25) is 4.79 Å². The van der Waals surface area contributed by atoms with Gasteiger partial charge < -0.3 is 9.47 Å². The molecule has 0 amide bonds. The number of pyridine rings is 1. The van der Waals surface area contributed by atoms with E-state index < -0.39 is 41.3 Å². The highest BCUT2D eigenvalue weighted by Gasteiger charge is 2.62. The number of aromatic nitrogens is 1. The number of carbonyl (C=O) groups excluding carboxylic acids is 1. The molecule has 31 heavy (non-hydrogen) atoms. The number of carbonyl (C=O) groups is 1. The van der Waals surface area contributed by atoms with Gasteiger partial charge in [0, 0.05) is 6.07 Å². The maximum Gasteiger partial charge on any atom is 0.442 e. The quantitative estimate of drug-likeness (QED) is 0.433. The molecule has 0 saturated heterocycles. The Bertz CT molecular complexity index is 1030. The maximum absolute atomic E-state index is 13.3. The van der Waals surface area contributed by atoms with Gasteiger partial charge in [0.2, 0.25) is 12.0 Å². The standard InChI is InChI=1S/C22H18F4N2O3/c1-21(2)14(11-17(23)22(24,25)26)19(21)20(29)31-16(12-27)15-9-6-10-18(28-15)30-13-7-4-3-5-8-13/h3-11,14,16,19H,1-2H3/b17-11-/t14-,16?,19-/m1/s1. The van der Waals surface area contributed by atoms with E-state index >= 15 is 0 Å². The summed E-state index contributed by atoms with van der Waals surface area (Å²) in [6.07, 6.45) is -6.13. The van der Waals surface area contributed by atoms with Crippen molar-refractivity contribution in [2.75, 3.05) is 0 Å². The summed E-state index contributed by atoms with van der Waals surface area (Å²) in [4.78, 5) is 16.7. The first-order valence-corrected chi connectivity index (χ1v) is 9.28. The molecule has 1 saturated carbocycles. The average Bonchev–Trinajstić information content (AvgIpc) is 3.26. The molecule has 0 radical (unpaired) electrons. The van der Waals surface area contributed by atoms with Crippen LogP contribution in [0.5, 0.6) is 11.6 Å². The number of hydrogen-bond acceptors (Lipinski definition) is 5. The van der Waals surface area contributed by atoms with E-state index in [1.807, 2.05) is 6.07 Å². The van der Waals surface area contributed by atoms with Crippen LogP contribution in [0.2, 0.25) is 0 Å². The number of benzene rings is 1. The van der Waals surface area contributed by atoms with E-state index in [2.05, 4.69) is 4.98 Å². The third-order valence-electron chi connectivity index (χ3n) is 5.09. The first-order chi connectivity index (χ1) is 14.5. The molecule has 1 unspecified atom stereocenters. The lowest BCUT2D eigenvalue weighted by molar-refractivity contribution is -0.149. The van der Waals surface area contributed by atoms with Crippen LogP contribution >= 0.6 is 0 Å². The Kier molecular flexibility index (Phi) is 6.02. The van der Waals surface area contributed by atoms with Crippen LogP contribution < -0.4 is 4.74 Å². The predicted octanol–water partition coefficient (Wildman–Crippen LogP) is 5.67. The molecular weight excluding hydrogens is 416 g/mol. The fraction of sp³-hybridized carbons (Fsp3) is 0.318. The Morgan fingerprint density at radius 1 is 1.19 bits per heavy atom. The van der Waals surface area contributed by atoms with Crippen LogP contribution in [0.4, 0.5) is 17.6 Å². The predicted molar refractivity (Wildman–Crippen MR) is 101 cm³/mol. The van der Waals surface area contributed by atoms with Crippen molar-refractivity contribution in [2.24, 2.45) is 17.3 Å². The zero-order valence-electron chi connectivity index (χ0n) is 16.6. The number of para-hydroxylation sites is 1. The van der Waals surface area contributed by atoms with Crippen LogP contribution in [0.3, 0.4) is 0 Å². The lowest BCUT2D eigenvalue weighted by Gasteiger charge is -2.12. The third-order valence-corrected chi connectivity index (χ3v) is 5.09. The lowest BCUT2D eigenvalue weighted by atomic mass is 10.1. The second kappa shape index (κ2) is 8.38. The average molecular weight is 434 g/mol. The molecule has 0 aliphatic heterocycles. The first-order valence-electron chi connectivity index (χ1n) is 9.28. The second-order valence-corrected chi connectivity index (χ2v) is 7.60. The second-order valence-electron chi connectivity index (χ2n) is 7.60. The van der Waals surface area contributed by atoms with Gasteiger partial charge in [-0.1, -0.05) is 38.1 Å². The maximum atomic E-state index is 13.3. The minimum Gasteiger partial charge on any atom is -0.440 e. The highest BCUT2D eigenvalue weighted by Crippen LogP contribution is 2.60. The van der Waals surface area contributed by atoms with E-state index in [0.29, 0.717) is 11.8 Å². The molecule has 1 heterocycles. The molecule has 5 nitrogen and oxygen atoms in total. The molecule has 0 N–H and O–H groups in total. The van der Waals surface area contributed by atoms with Crippen LogP contribution in [0.1, 0.15) is 25.6 Å². The zero-order chi connectivity index (χ0) is 22.8. The van der Waals surface area contributed by atoms with Crippen LogP contribution in [0, 0.1) is 28.6 Å². The number of alkyl halides is 3. The van der Waals surface area contributed by atoms with Crippen molar-refractivity contribution in [1.82, 2.24) is 4.98 Å². The Balaban J connectivity index is 1.72. The van der Waals surface area contributed by atoms with Gasteiger partial charge in [0.25, 0.3) is 0 Å². The molecule has 1 aromatic carbocycles. The molecule has 2 aromatic rings. The Morgan fingerprint density at radius 3 is 2.48 bits per heavy atom. The van der Waals surface area contributed by atoms with Gasteiger partial charge in [0.15, 0.2) is 5.83 Å². The summed E-state index contributed by atoms with van der Waals surface area (Å²) in [5.41, 5.74) is -0.845. The lowest BCUT2D eigenvalue weighted by Crippen LogP contribution is -2.15. The largest absolute Gasteiger partial charge is 0.442 e. The Morgan fingerprint density at radius 2 is 1.87 bits per heavy atom. The number of rotatable bonds is 6. The van der Waals surface area contributed by atoms with Gasteiger partial charge in [-0.2, -0.15) is 18.4 Å². The van der Waals surface area contributed by atoms with Gasteiger partial charge in [-0.25, -0.2) is 9.37 Å². The van der Waals surface area contributed by atoms with Gasteiger partial charge in [0.1, 0.15) is 11.8 Å². The fourth-order valence-corrected chi connectivity index (χ4v) is 3.28. The smallest absolute Gasteiger partial charge is 0.440 e. The summed E-state index contributed by atoms with van der Waals surface area (Å²) in [5, 5.41) is 9.43. The van der Waals surface area contributed by atoms with E-state index in [1.165, 1.54) is 19.9 Å². The number of halogens is 4. The van der Waals surface area contributed by atoms with Gasteiger partial charge in [-0.15, -0.1) is 0 Å². The molecule has 1 aliphatic rings. The number of allylic oxidation sites excluding steroid dienone is 2. The van der Waals surface area contributed by atoms with Crippen molar-refractivity contribution in [3.05, 3.63) is 66.1 Å². The Labute approximate surface area is 175 Å². The topological polar surface area (TPSA) is 72.2 Å². The number of nitrogens with zero attached hydrogens (tertiary/aromatic N) is 2. The minimum atomic E-state index is -5.12. The summed E-state index contributed by atoms with van der Waals surface area (Å²) in [5.74, 6) is -4.49. The number of nitriles is 1. The summed E-state index contributed by atoms with van der Waals surface area (Å²) in [6, 6.07) is 15.1. The summed E-state index contributed by atoms with van der Waals surface area (Å²) >= 11 is 0. The minimum absolute atomic E-state index is 0.0938. The molecule has 0 bridgehead atoms. The number of esters is 1. The molecule has 3 atom stereocenters. The monoisotopic (exact) mass is 434 g/mol. The van der Waals surface area contributed by atoms with Crippen LogP contribution in [0.25, 0.3) is 0 Å².